The topological polar surface area (TPSA) is 42.0 Å². The largest absolute Gasteiger partial charge is 0.306 e. The number of rotatable bonds is 2. The minimum Gasteiger partial charge on any atom is -0.306 e. The molecule has 98 valence electrons. The van der Waals surface area contributed by atoms with Gasteiger partial charge in [0.1, 0.15) is 5.82 Å². The van der Waals surface area contributed by atoms with Crippen LogP contribution >= 0.6 is 27.5 Å². The fourth-order valence-electron chi connectivity index (χ4n) is 1.64. The summed E-state index contributed by atoms with van der Waals surface area (Å²) in [7, 11) is 0. The third kappa shape index (κ3) is 3.33. The summed E-state index contributed by atoms with van der Waals surface area (Å²) in [6.45, 7) is 3.75. The summed E-state index contributed by atoms with van der Waals surface area (Å²) in [4.78, 5) is 16.3. The number of carbonyl (C=O) groups is 1. The molecule has 0 unspecified atom stereocenters. The molecule has 2 rings (SSSR count). The zero-order valence-electron chi connectivity index (χ0n) is 10.5. The molecular weight excluding hydrogens is 328 g/mol. The van der Waals surface area contributed by atoms with Crippen LogP contribution in [0.25, 0.3) is 0 Å². The Morgan fingerprint density at radius 2 is 2.00 bits per heavy atom. The molecule has 0 bridgehead atoms. The van der Waals surface area contributed by atoms with Gasteiger partial charge in [-0.2, -0.15) is 0 Å². The number of carbonyl (C=O) groups excluding carboxylic acids is 1. The van der Waals surface area contributed by atoms with E-state index >= 15 is 0 Å². The second-order valence-corrected chi connectivity index (χ2v) is 5.56. The maximum Gasteiger partial charge on any atom is 0.256 e. The van der Waals surface area contributed by atoms with Gasteiger partial charge in [0, 0.05) is 21.3 Å². The van der Waals surface area contributed by atoms with E-state index in [-0.39, 0.29) is 5.91 Å². The molecule has 1 N–H and O–H groups in total. The van der Waals surface area contributed by atoms with E-state index in [0.29, 0.717) is 16.4 Å². The summed E-state index contributed by atoms with van der Waals surface area (Å²) in [6, 6.07) is 7.06. The van der Waals surface area contributed by atoms with Crippen molar-refractivity contribution in [1.29, 1.82) is 0 Å². The van der Waals surface area contributed by atoms with Crippen LogP contribution in [0.3, 0.4) is 0 Å². The summed E-state index contributed by atoms with van der Waals surface area (Å²) in [5.74, 6) is 0.360. The second-order valence-electron chi connectivity index (χ2n) is 4.24. The molecule has 0 saturated carbocycles. The summed E-state index contributed by atoms with van der Waals surface area (Å²) >= 11 is 9.27. The fourth-order valence-corrected chi connectivity index (χ4v) is 2.20. The zero-order chi connectivity index (χ0) is 14.0. The van der Waals surface area contributed by atoms with Crippen molar-refractivity contribution in [3.8, 4) is 0 Å². The van der Waals surface area contributed by atoms with Crippen LogP contribution in [0, 0.1) is 13.8 Å². The highest BCUT2D eigenvalue weighted by molar-refractivity contribution is 9.10. The monoisotopic (exact) mass is 338 g/mol. The van der Waals surface area contributed by atoms with Crippen molar-refractivity contribution < 1.29 is 4.79 Å². The lowest BCUT2D eigenvalue weighted by molar-refractivity contribution is 0.102. The molecule has 5 heteroatoms. The van der Waals surface area contributed by atoms with Gasteiger partial charge in [-0.15, -0.1) is 0 Å². The Bertz CT molecular complexity index is 643. The highest BCUT2D eigenvalue weighted by Gasteiger charge is 2.10. The standard InChI is InChI=1S/C14H12BrClN2O/c1-8-5-10(3-4-12(8)16)14(19)18-13-9(2)6-11(15)7-17-13/h3-7H,1-2H3,(H,17,18,19). The molecule has 1 aromatic heterocycles. The number of pyridine rings is 1. The van der Waals surface area contributed by atoms with Crippen LogP contribution in [0.2, 0.25) is 5.02 Å². The van der Waals surface area contributed by atoms with E-state index < -0.39 is 0 Å². The molecule has 2 aromatic rings. The van der Waals surface area contributed by atoms with E-state index in [0.717, 1.165) is 15.6 Å². The number of benzene rings is 1. The molecule has 0 aliphatic carbocycles. The van der Waals surface area contributed by atoms with E-state index in [1.807, 2.05) is 19.9 Å². The number of hydrogen-bond donors (Lipinski definition) is 1. The summed E-state index contributed by atoms with van der Waals surface area (Å²) < 4.78 is 0.880. The molecular formula is C14H12BrClN2O. The van der Waals surface area contributed by atoms with Crippen molar-refractivity contribution in [2.45, 2.75) is 13.8 Å². The van der Waals surface area contributed by atoms with Crippen LogP contribution < -0.4 is 5.32 Å². The van der Waals surface area contributed by atoms with Gasteiger partial charge in [-0.1, -0.05) is 11.6 Å². The second kappa shape index (κ2) is 5.72. The molecule has 0 atom stereocenters. The molecule has 0 aliphatic heterocycles. The Kier molecular flexibility index (Phi) is 4.22. The van der Waals surface area contributed by atoms with E-state index in [4.69, 9.17) is 11.6 Å². The maximum atomic E-state index is 12.1. The molecule has 1 amide bonds. The Labute approximate surface area is 125 Å². The quantitative estimate of drug-likeness (QED) is 0.883. The van der Waals surface area contributed by atoms with Crippen LogP contribution in [0.1, 0.15) is 21.5 Å². The molecule has 0 fully saturated rings. The van der Waals surface area contributed by atoms with Gasteiger partial charge >= 0.3 is 0 Å². The Morgan fingerprint density at radius 1 is 1.26 bits per heavy atom. The van der Waals surface area contributed by atoms with Gasteiger partial charge in [-0.25, -0.2) is 4.98 Å². The number of amides is 1. The average molecular weight is 340 g/mol. The molecule has 1 heterocycles. The minimum absolute atomic E-state index is 0.197. The van der Waals surface area contributed by atoms with Crippen LogP contribution in [0.15, 0.2) is 34.9 Å². The predicted molar refractivity (Wildman–Crippen MR) is 80.8 cm³/mol. The van der Waals surface area contributed by atoms with Gasteiger partial charge in [0.05, 0.1) is 0 Å². The lowest BCUT2D eigenvalue weighted by atomic mass is 10.1. The van der Waals surface area contributed by atoms with Crippen LogP contribution in [-0.4, -0.2) is 10.9 Å². The van der Waals surface area contributed by atoms with Gasteiger partial charge < -0.3 is 5.32 Å². The van der Waals surface area contributed by atoms with Crippen LogP contribution in [0.5, 0.6) is 0 Å². The molecule has 0 saturated heterocycles. The number of nitrogens with one attached hydrogen (secondary N) is 1. The molecule has 19 heavy (non-hydrogen) atoms. The number of nitrogens with zero attached hydrogens (tertiary/aromatic N) is 1. The minimum atomic E-state index is -0.197. The van der Waals surface area contributed by atoms with E-state index in [1.54, 1.807) is 24.4 Å². The Morgan fingerprint density at radius 3 is 2.63 bits per heavy atom. The van der Waals surface area contributed by atoms with Crippen molar-refractivity contribution in [1.82, 2.24) is 4.98 Å². The highest BCUT2D eigenvalue weighted by Crippen LogP contribution is 2.19. The number of halogens is 2. The molecule has 0 spiro atoms. The smallest absolute Gasteiger partial charge is 0.256 e. The van der Waals surface area contributed by atoms with Crippen molar-refractivity contribution in [3.05, 3.63) is 56.6 Å². The lowest BCUT2D eigenvalue weighted by Crippen LogP contribution is -2.14. The van der Waals surface area contributed by atoms with Crippen LogP contribution in [-0.2, 0) is 0 Å². The number of aryl methyl sites for hydroxylation is 2. The SMILES string of the molecule is Cc1cc(C(=O)Nc2ncc(Br)cc2C)ccc1Cl. The van der Waals surface area contributed by atoms with Gasteiger partial charge in [0.15, 0.2) is 0 Å². The molecule has 3 nitrogen and oxygen atoms in total. The first-order chi connectivity index (χ1) is 8.97. The number of anilines is 1. The molecule has 0 aliphatic rings. The van der Waals surface area contributed by atoms with Crippen molar-refractivity contribution in [2.24, 2.45) is 0 Å². The molecule has 0 radical (unpaired) electrons. The van der Waals surface area contributed by atoms with Gasteiger partial charge in [0.25, 0.3) is 5.91 Å². The van der Waals surface area contributed by atoms with Crippen molar-refractivity contribution in [3.63, 3.8) is 0 Å². The first-order valence-corrected chi connectivity index (χ1v) is 6.84. The summed E-state index contributed by atoms with van der Waals surface area (Å²) in [5.41, 5.74) is 2.33. The van der Waals surface area contributed by atoms with Gasteiger partial charge in [-0.3, -0.25) is 4.79 Å². The highest BCUT2D eigenvalue weighted by atomic mass is 79.9. The molecule has 1 aromatic carbocycles. The van der Waals surface area contributed by atoms with E-state index in [2.05, 4.69) is 26.2 Å². The van der Waals surface area contributed by atoms with E-state index in [1.165, 1.54) is 0 Å². The Hall–Kier alpha value is -1.39. The normalized spacial score (nSPS) is 10.3. The lowest BCUT2D eigenvalue weighted by Gasteiger charge is -2.08. The number of hydrogen-bond acceptors (Lipinski definition) is 2. The first kappa shape index (κ1) is 14.0. The van der Waals surface area contributed by atoms with Crippen molar-refractivity contribution in [2.75, 3.05) is 5.32 Å². The van der Waals surface area contributed by atoms with E-state index in [9.17, 15) is 4.79 Å². The maximum absolute atomic E-state index is 12.1. The van der Waals surface area contributed by atoms with Crippen LogP contribution in [0.4, 0.5) is 5.82 Å². The van der Waals surface area contributed by atoms with Crippen molar-refractivity contribution >= 4 is 39.3 Å². The third-order valence-corrected chi connectivity index (χ3v) is 3.55. The Balaban J connectivity index is 2.23. The summed E-state index contributed by atoms with van der Waals surface area (Å²) in [5, 5.41) is 3.43. The van der Waals surface area contributed by atoms with Gasteiger partial charge in [-0.05, 0) is 65.2 Å². The third-order valence-electron chi connectivity index (χ3n) is 2.70. The zero-order valence-corrected chi connectivity index (χ0v) is 12.8. The predicted octanol–water partition coefficient (Wildman–Crippen LogP) is 4.37. The average Bonchev–Trinajstić information content (AvgIpc) is 2.36. The van der Waals surface area contributed by atoms with Gasteiger partial charge in [0.2, 0.25) is 0 Å². The first-order valence-electron chi connectivity index (χ1n) is 5.67. The number of aromatic nitrogens is 1. The summed E-state index contributed by atoms with van der Waals surface area (Å²) in [6.07, 6.45) is 1.65. The fraction of sp³-hybridized carbons (Fsp3) is 0.143.